The van der Waals surface area contributed by atoms with Gasteiger partial charge >= 0.3 is 0 Å². The highest BCUT2D eigenvalue weighted by molar-refractivity contribution is 8.13. The Morgan fingerprint density at radius 1 is 1.22 bits per heavy atom. The number of anilines is 1. The topological polar surface area (TPSA) is 59.0 Å². The van der Waals surface area contributed by atoms with Crippen molar-refractivity contribution in [2.24, 2.45) is 4.99 Å². The van der Waals surface area contributed by atoms with Gasteiger partial charge in [-0.05, 0) is 29.8 Å². The van der Waals surface area contributed by atoms with E-state index < -0.39 is 9.84 Å². The third kappa shape index (κ3) is 3.82. The van der Waals surface area contributed by atoms with Gasteiger partial charge in [0, 0.05) is 17.5 Å². The van der Waals surface area contributed by atoms with Gasteiger partial charge in [0.2, 0.25) is 0 Å². The molecule has 2 heterocycles. The average molecular weight is 407 g/mol. The molecule has 2 aliphatic heterocycles. The van der Waals surface area contributed by atoms with Gasteiger partial charge in [0.1, 0.15) is 11.6 Å². The van der Waals surface area contributed by atoms with Gasteiger partial charge in [-0.1, -0.05) is 30.0 Å². The van der Waals surface area contributed by atoms with Crippen LogP contribution >= 0.6 is 11.8 Å². The summed E-state index contributed by atoms with van der Waals surface area (Å²) in [5.41, 5.74) is 1.71. The first-order chi connectivity index (χ1) is 12.9. The van der Waals surface area contributed by atoms with Gasteiger partial charge in [-0.3, -0.25) is 4.99 Å². The van der Waals surface area contributed by atoms with Crippen molar-refractivity contribution < 1.29 is 17.5 Å². The number of halogens is 1. The number of methoxy groups -OCH3 is 1. The average Bonchev–Trinajstić information content (AvgIpc) is 3.11. The number of rotatable bonds is 4. The van der Waals surface area contributed by atoms with Gasteiger partial charge in [-0.15, -0.1) is 0 Å². The van der Waals surface area contributed by atoms with Gasteiger partial charge in [-0.25, -0.2) is 12.8 Å². The summed E-state index contributed by atoms with van der Waals surface area (Å²) in [7, 11) is -1.50. The zero-order chi connectivity index (χ0) is 19.0. The second-order valence-electron chi connectivity index (χ2n) is 6.61. The lowest BCUT2D eigenvalue weighted by Gasteiger charge is -2.26. The summed E-state index contributed by atoms with van der Waals surface area (Å²) in [4.78, 5) is 6.68. The maximum absolute atomic E-state index is 13.4. The molecule has 0 N–H and O–H groups in total. The molecule has 2 atom stereocenters. The van der Waals surface area contributed by atoms with E-state index in [0.717, 1.165) is 16.4 Å². The van der Waals surface area contributed by atoms with E-state index in [1.54, 1.807) is 13.2 Å². The Morgan fingerprint density at radius 2 is 2.04 bits per heavy atom. The molecule has 0 spiro atoms. The highest BCUT2D eigenvalue weighted by Gasteiger charge is 2.47. The standard InChI is InChI=1S/C19H19FN2O3S2/c1-25-16-7-3-6-15(9-16)22-18-12-27(23,24)11-17(18)21-19(22)26-10-13-4-2-5-14(20)8-13/h2-9,17-18H,10-12H2,1H3/t17-,18-/m1/s1. The zero-order valence-corrected chi connectivity index (χ0v) is 16.3. The van der Waals surface area contributed by atoms with Crippen molar-refractivity contribution >= 4 is 32.5 Å². The van der Waals surface area contributed by atoms with E-state index >= 15 is 0 Å². The van der Waals surface area contributed by atoms with Crippen LogP contribution in [0.3, 0.4) is 0 Å². The third-order valence-electron chi connectivity index (χ3n) is 4.70. The molecule has 4 rings (SSSR count). The van der Waals surface area contributed by atoms with Crippen molar-refractivity contribution in [3.8, 4) is 5.75 Å². The number of ether oxygens (including phenoxy) is 1. The number of hydrogen-bond acceptors (Lipinski definition) is 6. The molecular formula is C19H19FN2O3S2. The van der Waals surface area contributed by atoms with Crippen molar-refractivity contribution in [2.45, 2.75) is 17.8 Å². The van der Waals surface area contributed by atoms with E-state index in [0.29, 0.717) is 11.5 Å². The van der Waals surface area contributed by atoms with Crippen LogP contribution in [0.5, 0.6) is 5.75 Å². The molecule has 5 nitrogen and oxygen atoms in total. The first-order valence-corrected chi connectivity index (χ1v) is 11.3. The summed E-state index contributed by atoms with van der Waals surface area (Å²) in [5.74, 6) is 1.15. The maximum atomic E-state index is 13.4. The number of thioether (sulfide) groups is 1. The fraction of sp³-hybridized carbons (Fsp3) is 0.316. The van der Waals surface area contributed by atoms with Crippen molar-refractivity contribution in [1.29, 1.82) is 0 Å². The fourth-order valence-electron chi connectivity index (χ4n) is 3.47. The summed E-state index contributed by atoms with van der Waals surface area (Å²) in [5, 5.41) is 0.761. The molecule has 2 aliphatic rings. The monoisotopic (exact) mass is 406 g/mol. The second kappa shape index (κ2) is 7.16. The Morgan fingerprint density at radius 3 is 2.81 bits per heavy atom. The van der Waals surface area contributed by atoms with Crippen molar-refractivity contribution in [3.05, 3.63) is 59.9 Å². The molecular weight excluding hydrogens is 387 g/mol. The molecule has 0 bridgehead atoms. The molecule has 8 heteroatoms. The van der Waals surface area contributed by atoms with Gasteiger partial charge in [0.05, 0.1) is 30.7 Å². The number of hydrogen-bond donors (Lipinski definition) is 0. The smallest absolute Gasteiger partial charge is 0.164 e. The van der Waals surface area contributed by atoms with E-state index in [9.17, 15) is 12.8 Å². The minimum Gasteiger partial charge on any atom is -0.497 e. The summed E-state index contributed by atoms with van der Waals surface area (Å²) in [6.07, 6.45) is 0. The maximum Gasteiger partial charge on any atom is 0.164 e. The Hall–Kier alpha value is -2.06. The van der Waals surface area contributed by atoms with Crippen LogP contribution in [-0.2, 0) is 15.6 Å². The predicted molar refractivity (Wildman–Crippen MR) is 107 cm³/mol. The summed E-state index contributed by atoms with van der Waals surface area (Å²) in [6.45, 7) is 0. The van der Waals surface area contributed by atoms with Crippen LogP contribution in [0.15, 0.2) is 53.5 Å². The number of sulfone groups is 1. The normalized spacial score (nSPS) is 23.2. The molecule has 1 saturated heterocycles. The van der Waals surface area contributed by atoms with E-state index in [4.69, 9.17) is 4.74 Å². The lowest BCUT2D eigenvalue weighted by molar-refractivity contribution is 0.415. The molecule has 0 unspecified atom stereocenters. The molecule has 2 aromatic rings. The van der Waals surface area contributed by atoms with Crippen LogP contribution in [-0.4, -0.2) is 44.3 Å². The van der Waals surface area contributed by atoms with Gasteiger partial charge in [0.15, 0.2) is 15.0 Å². The Labute approximate surface area is 162 Å². The van der Waals surface area contributed by atoms with Crippen LogP contribution in [0.2, 0.25) is 0 Å². The van der Waals surface area contributed by atoms with E-state index in [2.05, 4.69) is 4.99 Å². The number of benzene rings is 2. The first kappa shape index (κ1) is 18.3. The molecule has 0 amide bonds. The van der Waals surface area contributed by atoms with Gasteiger partial charge in [0.25, 0.3) is 0 Å². The molecule has 1 fully saturated rings. The summed E-state index contributed by atoms with van der Waals surface area (Å²) >= 11 is 1.49. The van der Waals surface area contributed by atoms with E-state index in [1.807, 2.05) is 35.2 Å². The lowest BCUT2D eigenvalue weighted by Crippen LogP contribution is -2.39. The third-order valence-corrected chi connectivity index (χ3v) is 7.43. The molecule has 0 saturated carbocycles. The number of aliphatic imine (C=N–C) groups is 1. The Bertz CT molecular complexity index is 994. The van der Waals surface area contributed by atoms with Crippen LogP contribution in [0.25, 0.3) is 0 Å². The molecule has 0 aromatic heterocycles. The molecule has 0 radical (unpaired) electrons. The second-order valence-corrected chi connectivity index (χ2v) is 9.71. The number of amidine groups is 1. The quantitative estimate of drug-likeness (QED) is 0.781. The number of fused-ring (bicyclic) bond motifs is 1. The first-order valence-electron chi connectivity index (χ1n) is 8.54. The molecule has 2 aromatic carbocycles. The Kier molecular flexibility index (Phi) is 4.86. The zero-order valence-electron chi connectivity index (χ0n) is 14.7. The lowest BCUT2D eigenvalue weighted by atomic mass is 10.1. The van der Waals surface area contributed by atoms with Crippen LogP contribution < -0.4 is 9.64 Å². The van der Waals surface area contributed by atoms with Crippen molar-refractivity contribution in [1.82, 2.24) is 0 Å². The SMILES string of the molecule is COc1cccc(N2C(SCc3cccc(F)c3)=N[C@@H]3CS(=O)(=O)C[C@H]32)c1. The van der Waals surface area contributed by atoms with Gasteiger partial charge < -0.3 is 9.64 Å². The summed E-state index contributed by atoms with van der Waals surface area (Å²) < 4.78 is 42.9. The van der Waals surface area contributed by atoms with Crippen LogP contribution in [0.1, 0.15) is 5.56 Å². The highest BCUT2D eigenvalue weighted by Crippen LogP contribution is 2.37. The number of nitrogens with zero attached hydrogens (tertiary/aromatic N) is 2. The Balaban J connectivity index is 1.63. The minimum atomic E-state index is -3.10. The largest absolute Gasteiger partial charge is 0.497 e. The minimum absolute atomic E-state index is 0.0716. The van der Waals surface area contributed by atoms with Crippen LogP contribution in [0.4, 0.5) is 10.1 Å². The fourth-order valence-corrected chi connectivity index (χ4v) is 6.38. The van der Waals surface area contributed by atoms with Crippen LogP contribution in [0, 0.1) is 5.82 Å². The van der Waals surface area contributed by atoms with Crippen molar-refractivity contribution in [3.63, 3.8) is 0 Å². The molecule has 27 heavy (non-hydrogen) atoms. The van der Waals surface area contributed by atoms with E-state index in [1.165, 1.54) is 23.9 Å². The molecule has 142 valence electrons. The molecule has 0 aliphatic carbocycles. The summed E-state index contributed by atoms with van der Waals surface area (Å²) in [6, 6.07) is 13.5. The van der Waals surface area contributed by atoms with Crippen molar-refractivity contribution in [2.75, 3.05) is 23.5 Å². The highest BCUT2D eigenvalue weighted by atomic mass is 32.2. The van der Waals surface area contributed by atoms with Gasteiger partial charge in [-0.2, -0.15) is 0 Å². The predicted octanol–water partition coefficient (Wildman–Crippen LogP) is 3.11. The van der Waals surface area contributed by atoms with E-state index in [-0.39, 0.29) is 29.4 Å².